The van der Waals surface area contributed by atoms with Crippen molar-refractivity contribution in [2.45, 2.75) is 32.2 Å². The van der Waals surface area contributed by atoms with Crippen LogP contribution in [0.15, 0.2) is 53.1 Å². The molecule has 0 spiro atoms. The van der Waals surface area contributed by atoms with Crippen molar-refractivity contribution < 1.29 is 14.1 Å². The molecule has 1 atom stereocenters. The maximum absolute atomic E-state index is 12.9. The van der Waals surface area contributed by atoms with Crippen molar-refractivity contribution >= 4 is 11.7 Å². The highest BCUT2D eigenvalue weighted by molar-refractivity contribution is 5.89. The number of nitrogens with zero attached hydrogens (tertiary/aromatic N) is 3. The van der Waals surface area contributed by atoms with E-state index in [9.17, 15) is 4.79 Å². The largest absolute Gasteiger partial charge is 0.497 e. The molecule has 1 N–H and O–H groups in total. The van der Waals surface area contributed by atoms with Crippen LogP contribution in [-0.4, -0.2) is 34.7 Å². The summed E-state index contributed by atoms with van der Waals surface area (Å²) in [5.74, 6) is 1.77. The second kappa shape index (κ2) is 8.34. The van der Waals surface area contributed by atoms with E-state index < -0.39 is 0 Å². The Kier molecular flexibility index (Phi) is 5.46. The molecular formula is C22H24N4O3. The Morgan fingerprint density at radius 3 is 2.79 bits per heavy atom. The van der Waals surface area contributed by atoms with Crippen molar-refractivity contribution in [2.75, 3.05) is 19.0 Å². The summed E-state index contributed by atoms with van der Waals surface area (Å²) < 4.78 is 10.7. The molecule has 2 heterocycles. The Labute approximate surface area is 169 Å². The van der Waals surface area contributed by atoms with Crippen molar-refractivity contribution in [2.24, 2.45) is 0 Å². The fraction of sp³-hybridized carbons (Fsp3) is 0.318. The summed E-state index contributed by atoms with van der Waals surface area (Å²) in [5.41, 5.74) is 2.75. The third-order valence-corrected chi connectivity index (χ3v) is 5.11. The number of amides is 2. The van der Waals surface area contributed by atoms with Crippen LogP contribution >= 0.6 is 0 Å². The second-order valence-corrected chi connectivity index (χ2v) is 7.19. The van der Waals surface area contributed by atoms with Gasteiger partial charge in [0.1, 0.15) is 11.8 Å². The van der Waals surface area contributed by atoms with E-state index >= 15 is 0 Å². The summed E-state index contributed by atoms with van der Waals surface area (Å²) in [4.78, 5) is 19.3. The number of likely N-dealkylation sites (tertiary alicyclic amines) is 1. The molecule has 0 unspecified atom stereocenters. The first kappa shape index (κ1) is 19.0. The Hall–Kier alpha value is -3.35. The molecule has 1 aliphatic rings. The molecule has 7 nitrogen and oxygen atoms in total. The molecule has 29 heavy (non-hydrogen) atoms. The standard InChI is InChI=1S/C22H24N4O3/c1-15-6-5-7-16(14-15)20-24-21(29-25-20)19-8-3-4-13-26(19)22(27)23-17-9-11-18(28-2)12-10-17/h5-7,9-12,14,19H,3-4,8,13H2,1-2H3,(H,23,27)/t19-/m0/s1. The summed E-state index contributed by atoms with van der Waals surface area (Å²) in [7, 11) is 1.61. The van der Waals surface area contributed by atoms with Crippen molar-refractivity contribution in [3.8, 4) is 17.1 Å². The minimum Gasteiger partial charge on any atom is -0.497 e. The number of hydrogen-bond donors (Lipinski definition) is 1. The predicted octanol–water partition coefficient (Wildman–Crippen LogP) is 4.81. The van der Waals surface area contributed by atoms with E-state index in [4.69, 9.17) is 9.26 Å². The number of urea groups is 1. The van der Waals surface area contributed by atoms with Crippen LogP contribution in [0.1, 0.15) is 36.8 Å². The van der Waals surface area contributed by atoms with Gasteiger partial charge in [-0.2, -0.15) is 4.98 Å². The van der Waals surface area contributed by atoms with E-state index in [0.717, 1.165) is 36.1 Å². The molecule has 0 bridgehead atoms. The molecule has 1 aromatic heterocycles. The maximum atomic E-state index is 12.9. The monoisotopic (exact) mass is 392 g/mol. The Bertz CT molecular complexity index is 984. The first-order valence-electron chi connectivity index (χ1n) is 9.76. The van der Waals surface area contributed by atoms with Crippen LogP contribution in [0.4, 0.5) is 10.5 Å². The number of nitrogens with one attached hydrogen (secondary N) is 1. The summed E-state index contributed by atoms with van der Waals surface area (Å²) >= 11 is 0. The molecule has 1 fully saturated rings. The molecule has 150 valence electrons. The Morgan fingerprint density at radius 2 is 2.03 bits per heavy atom. The summed E-state index contributed by atoms with van der Waals surface area (Å²) in [6, 6.07) is 14.8. The highest BCUT2D eigenvalue weighted by Crippen LogP contribution is 2.32. The molecule has 2 aromatic carbocycles. The van der Waals surface area contributed by atoms with Crippen LogP contribution in [0.5, 0.6) is 5.75 Å². The van der Waals surface area contributed by atoms with Crippen LogP contribution < -0.4 is 10.1 Å². The van der Waals surface area contributed by atoms with Crippen molar-refractivity contribution in [1.82, 2.24) is 15.0 Å². The van der Waals surface area contributed by atoms with Crippen molar-refractivity contribution in [1.29, 1.82) is 0 Å². The van der Waals surface area contributed by atoms with Crippen LogP contribution in [-0.2, 0) is 0 Å². The Balaban J connectivity index is 1.52. The van der Waals surface area contributed by atoms with Gasteiger partial charge < -0.3 is 19.5 Å². The van der Waals surface area contributed by atoms with Crippen LogP contribution in [0.25, 0.3) is 11.4 Å². The fourth-order valence-electron chi connectivity index (χ4n) is 3.57. The van der Waals surface area contributed by atoms with Crippen LogP contribution in [0.3, 0.4) is 0 Å². The van der Waals surface area contributed by atoms with Gasteiger partial charge in [0.2, 0.25) is 11.7 Å². The quantitative estimate of drug-likeness (QED) is 0.689. The lowest BCUT2D eigenvalue weighted by Crippen LogP contribution is -2.41. The first-order valence-corrected chi connectivity index (χ1v) is 9.76. The van der Waals surface area contributed by atoms with Gasteiger partial charge in [-0.15, -0.1) is 0 Å². The highest BCUT2D eigenvalue weighted by atomic mass is 16.5. The van der Waals surface area contributed by atoms with Gasteiger partial charge in [0.05, 0.1) is 7.11 Å². The van der Waals surface area contributed by atoms with Gasteiger partial charge in [-0.3, -0.25) is 0 Å². The number of methoxy groups -OCH3 is 1. The van der Waals surface area contributed by atoms with Gasteiger partial charge in [0.25, 0.3) is 0 Å². The molecule has 0 aliphatic carbocycles. The number of carbonyl (C=O) groups is 1. The van der Waals surface area contributed by atoms with E-state index in [1.807, 2.05) is 55.5 Å². The average Bonchev–Trinajstić information content (AvgIpc) is 3.24. The topological polar surface area (TPSA) is 80.5 Å². The number of aromatic nitrogens is 2. The summed E-state index contributed by atoms with van der Waals surface area (Å²) in [6.45, 7) is 2.67. The maximum Gasteiger partial charge on any atom is 0.322 e. The third kappa shape index (κ3) is 4.23. The molecule has 7 heteroatoms. The van der Waals surface area contributed by atoms with E-state index in [1.54, 1.807) is 12.0 Å². The third-order valence-electron chi connectivity index (χ3n) is 5.11. The number of ether oxygens (including phenoxy) is 1. The minimum absolute atomic E-state index is 0.171. The second-order valence-electron chi connectivity index (χ2n) is 7.19. The average molecular weight is 392 g/mol. The van der Waals surface area contributed by atoms with Gasteiger partial charge in [-0.05, 0) is 56.5 Å². The summed E-state index contributed by atoms with van der Waals surface area (Å²) in [6.07, 6.45) is 2.76. The zero-order valence-corrected chi connectivity index (χ0v) is 16.6. The smallest absolute Gasteiger partial charge is 0.322 e. The Morgan fingerprint density at radius 1 is 1.21 bits per heavy atom. The van der Waals surface area contributed by atoms with Gasteiger partial charge in [0, 0.05) is 17.8 Å². The molecule has 4 rings (SSSR count). The van der Waals surface area contributed by atoms with Crippen molar-refractivity contribution in [3.63, 3.8) is 0 Å². The summed E-state index contributed by atoms with van der Waals surface area (Å²) in [5, 5.41) is 7.09. The highest BCUT2D eigenvalue weighted by Gasteiger charge is 2.32. The van der Waals surface area contributed by atoms with E-state index in [0.29, 0.717) is 23.9 Å². The lowest BCUT2D eigenvalue weighted by molar-refractivity contribution is 0.142. The number of rotatable bonds is 4. The number of benzene rings is 2. The molecule has 0 saturated carbocycles. The molecule has 0 radical (unpaired) electrons. The lowest BCUT2D eigenvalue weighted by atomic mass is 10.0. The predicted molar refractivity (Wildman–Crippen MR) is 110 cm³/mol. The fourth-order valence-corrected chi connectivity index (χ4v) is 3.57. The zero-order valence-electron chi connectivity index (χ0n) is 16.6. The van der Waals surface area contributed by atoms with Crippen molar-refractivity contribution in [3.05, 3.63) is 60.0 Å². The molecule has 1 saturated heterocycles. The minimum atomic E-state index is -0.229. The van der Waals surface area contributed by atoms with Gasteiger partial charge in [-0.25, -0.2) is 4.79 Å². The van der Waals surface area contributed by atoms with Crippen LogP contribution in [0.2, 0.25) is 0 Å². The molecule has 1 aliphatic heterocycles. The van der Waals surface area contributed by atoms with Gasteiger partial charge in [-0.1, -0.05) is 28.9 Å². The number of piperidine rings is 1. The number of aryl methyl sites for hydroxylation is 1. The van der Waals surface area contributed by atoms with E-state index in [-0.39, 0.29) is 12.1 Å². The lowest BCUT2D eigenvalue weighted by Gasteiger charge is -2.33. The molecular weight excluding hydrogens is 368 g/mol. The number of carbonyl (C=O) groups excluding carboxylic acids is 1. The van der Waals surface area contributed by atoms with E-state index in [2.05, 4.69) is 15.5 Å². The van der Waals surface area contributed by atoms with E-state index in [1.165, 1.54) is 0 Å². The first-order chi connectivity index (χ1) is 14.1. The van der Waals surface area contributed by atoms with Gasteiger partial charge >= 0.3 is 6.03 Å². The molecule has 3 aromatic rings. The SMILES string of the molecule is COc1ccc(NC(=O)N2CCCC[C@H]2c2nc(-c3cccc(C)c3)no2)cc1. The number of hydrogen-bond acceptors (Lipinski definition) is 5. The van der Waals surface area contributed by atoms with Crippen LogP contribution in [0, 0.1) is 6.92 Å². The van der Waals surface area contributed by atoms with Gasteiger partial charge in [0.15, 0.2) is 0 Å². The normalized spacial score (nSPS) is 16.5. The zero-order chi connectivity index (χ0) is 20.2. The molecule has 2 amide bonds. The number of anilines is 1.